The van der Waals surface area contributed by atoms with Crippen LogP contribution in [0.1, 0.15) is 16.2 Å². The Morgan fingerprint density at radius 3 is 2.47 bits per heavy atom. The van der Waals surface area contributed by atoms with Crippen LogP contribution in [0.2, 0.25) is 0 Å². The van der Waals surface area contributed by atoms with Gasteiger partial charge in [0.05, 0.1) is 14.2 Å². The molecule has 0 fully saturated rings. The molecule has 0 radical (unpaired) electrons. The van der Waals surface area contributed by atoms with Crippen LogP contribution in [-0.2, 0) is 0 Å². The van der Waals surface area contributed by atoms with Gasteiger partial charge in [0.15, 0.2) is 0 Å². The standard InChI is InChI=1S/C11H12N4O4/c1-6-4-9(19-3)7(5-8(6)18-2)15-13-10(11(16)17)12-14-15/h4-5H,1-3H3,(H,16,17). The number of ether oxygens (including phenoxy) is 2. The number of hydrogen-bond donors (Lipinski definition) is 1. The van der Waals surface area contributed by atoms with Crippen LogP contribution in [0.3, 0.4) is 0 Å². The lowest BCUT2D eigenvalue weighted by atomic mass is 10.2. The molecule has 0 aliphatic rings. The Hall–Kier alpha value is -2.64. The SMILES string of the molecule is COc1cc(-n2nnc(C(=O)O)n2)c(OC)cc1C. The van der Waals surface area contributed by atoms with E-state index in [1.54, 1.807) is 12.1 Å². The highest BCUT2D eigenvalue weighted by Crippen LogP contribution is 2.30. The zero-order valence-corrected chi connectivity index (χ0v) is 10.6. The Labute approximate surface area is 108 Å². The summed E-state index contributed by atoms with van der Waals surface area (Å²) in [6.07, 6.45) is 0. The lowest BCUT2D eigenvalue weighted by Gasteiger charge is -2.11. The van der Waals surface area contributed by atoms with Gasteiger partial charge in [0.1, 0.15) is 17.2 Å². The molecule has 0 aliphatic carbocycles. The van der Waals surface area contributed by atoms with Gasteiger partial charge < -0.3 is 14.6 Å². The first-order valence-electron chi connectivity index (χ1n) is 5.33. The van der Waals surface area contributed by atoms with Crippen molar-refractivity contribution >= 4 is 5.97 Å². The van der Waals surface area contributed by atoms with E-state index in [4.69, 9.17) is 14.6 Å². The highest BCUT2D eigenvalue weighted by molar-refractivity contribution is 5.82. The van der Waals surface area contributed by atoms with Crippen molar-refractivity contribution in [3.63, 3.8) is 0 Å². The van der Waals surface area contributed by atoms with E-state index in [2.05, 4.69) is 15.4 Å². The van der Waals surface area contributed by atoms with Crippen LogP contribution in [0.25, 0.3) is 5.69 Å². The summed E-state index contributed by atoms with van der Waals surface area (Å²) in [5, 5.41) is 19.6. The van der Waals surface area contributed by atoms with E-state index in [-0.39, 0.29) is 5.82 Å². The number of aromatic carboxylic acids is 1. The van der Waals surface area contributed by atoms with Crippen molar-refractivity contribution in [2.45, 2.75) is 6.92 Å². The topological polar surface area (TPSA) is 99.4 Å². The lowest BCUT2D eigenvalue weighted by Crippen LogP contribution is -2.05. The Balaban J connectivity index is 2.55. The number of rotatable bonds is 4. The third-order valence-corrected chi connectivity index (χ3v) is 2.52. The molecular weight excluding hydrogens is 252 g/mol. The van der Waals surface area contributed by atoms with Crippen molar-refractivity contribution in [3.05, 3.63) is 23.5 Å². The number of nitrogens with zero attached hydrogens (tertiary/aromatic N) is 4. The van der Waals surface area contributed by atoms with Crippen molar-refractivity contribution in [2.75, 3.05) is 14.2 Å². The molecule has 0 saturated carbocycles. The van der Waals surface area contributed by atoms with Crippen LogP contribution in [0, 0.1) is 6.92 Å². The van der Waals surface area contributed by atoms with E-state index in [0.29, 0.717) is 17.2 Å². The van der Waals surface area contributed by atoms with Crippen LogP contribution in [0.4, 0.5) is 0 Å². The first-order chi connectivity index (χ1) is 9.06. The number of carbonyl (C=O) groups is 1. The minimum atomic E-state index is -1.25. The van der Waals surface area contributed by atoms with Gasteiger partial charge in [0.2, 0.25) is 0 Å². The summed E-state index contributed by atoms with van der Waals surface area (Å²) < 4.78 is 10.4. The summed E-state index contributed by atoms with van der Waals surface area (Å²) in [5.74, 6) is -0.525. The second-order valence-electron chi connectivity index (χ2n) is 3.70. The summed E-state index contributed by atoms with van der Waals surface area (Å²) in [6.45, 7) is 1.86. The average Bonchev–Trinajstić information content (AvgIpc) is 2.88. The smallest absolute Gasteiger partial charge is 0.377 e. The molecule has 0 spiro atoms. The predicted octanol–water partition coefficient (Wildman–Crippen LogP) is 0.686. The number of tetrazole rings is 1. The molecule has 0 atom stereocenters. The first kappa shape index (κ1) is 12.8. The number of hydrogen-bond acceptors (Lipinski definition) is 6. The Morgan fingerprint density at radius 2 is 1.95 bits per heavy atom. The van der Waals surface area contributed by atoms with Gasteiger partial charge in [0, 0.05) is 6.07 Å². The van der Waals surface area contributed by atoms with Crippen LogP contribution >= 0.6 is 0 Å². The van der Waals surface area contributed by atoms with Gasteiger partial charge in [-0.1, -0.05) is 0 Å². The monoisotopic (exact) mass is 264 g/mol. The van der Waals surface area contributed by atoms with E-state index in [1.807, 2.05) is 6.92 Å². The van der Waals surface area contributed by atoms with Gasteiger partial charge >= 0.3 is 5.97 Å². The zero-order valence-electron chi connectivity index (χ0n) is 10.6. The second-order valence-corrected chi connectivity index (χ2v) is 3.70. The molecule has 0 aliphatic heterocycles. The summed E-state index contributed by atoms with van der Waals surface area (Å²) in [4.78, 5) is 11.8. The third-order valence-electron chi connectivity index (χ3n) is 2.52. The molecule has 19 heavy (non-hydrogen) atoms. The molecule has 0 bridgehead atoms. The quantitative estimate of drug-likeness (QED) is 0.866. The zero-order chi connectivity index (χ0) is 14.0. The molecule has 1 N–H and O–H groups in total. The van der Waals surface area contributed by atoms with E-state index >= 15 is 0 Å². The van der Waals surface area contributed by atoms with Crippen molar-refractivity contribution < 1.29 is 19.4 Å². The van der Waals surface area contributed by atoms with Gasteiger partial charge in [-0.3, -0.25) is 0 Å². The van der Waals surface area contributed by atoms with Crippen LogP contribution in [-0.4, -0.2) is 45.5 Å². The Bertz CT molecular complexity index is 623. The number of methoxy groups -OCH3 is 2. The molecule has 8 heteroatoms. The molecule has 0 amide bonds. The number of carboxylic acids is 1. The largest absolute Gasteiger partial charge is 0.496 e. The van der Waals surface area contributed by atoms with E-state index < -0.39 is 5.97 Å². The third kappa shape index (κ3) is 2.32. The van der Waals surface area contributed by atoms with Crippen molar-refractivity contribution in [1.82, 2.24) is 20.2 Å². The molecule has 100 valence electrons. The predicted molar refractivity (Wildman–Crippen MR) is 64.0 cm³/mol. The highest BCUT2D eigenvalue weighted by Gasteiger charge is 2.16. The minimum absolute atomic E-state index is 0.387. The fourth-order valence-corrected chi connectivity index (χ4v) is 1.59. The van der Waals surface area contributed by atoms with Crippen LogP contribution < -0.4 is 9.47 Å². The molecule has 1 aromatic carbocycles. The van der Waals surface area contributed by atoms with Gasteiger partial charge in [-0.25, -0.2) is 4.79 Å². The van der Waals surface area contributed by atoms with E-state index in [0.717, 1.165) is 10.4 Å². The minimum Gasteiger partial charge on any atom is -0.496 e. The average molecular weight is 264 g/mol. The number of aryl methyl sites for hydroxylation is 1. The molecule has 1 aromatic heterocycles. The molecule has 1 heterocycles. The molecule has 8 nitrogen and oxygen atoms in total. The van der Waals surface area contributed by atoms with E-state index in [1.165, 1.54) is 14.2 Å². The maximum Gasteiger partial charge on any atom is 0.377 e. The number of carboxylic acid groups (broad SMARTS) is 1. The maximum absolute atomic E-state index is 10.7. The summed E-state index contributed by atoms with van der Waals surface area (Å²) in [6, 6.07) is 3.40. The molecule has 2 aromatic rings. The van der Waals surface area contributed by atoms with E-state index in [9.17, 15) is 4.79 Å². The van der Waals surface area contributed by atoms with Crippen molar-refractivity contribution in [3.8, 4) is 17.2 Å². The lowest BCUT2D eigenvalue weighted by molar-refractivity contribution is 0.0683. The summed E-state index contributed by atoms with van der Waals surface area (Å²) in [7, 11) is 3.04. The molecule has 2 rings (SSSR count). The van der Waals surface area contributed by atoms with Gasteiger partial charge in [-0.2, -0.15) is 0 Å². The maximum atomic E-state index is 10.7. The Kier molecular flexibility index (Phi) is 3.32. The van der Waals surface area contributed by atoms with Crippen molar-refractivity contribution in [1.29, 1.82) is 0 Å². The van der Waals surface area contributed by atoms with Gasteiger partial charge in [-0.05, 0) is 23.8 Å². The number of benzene rings is 1. The van der Waals surface area contributed by atoms with Crippen LogP contribution in [0.15, 0.2) is 12.1 Å². The molecule has 0 unspecified atom stereocenters. The number of aromatic nitrogens is 4. The first-order valence-corrected chi connectivity index (χ1v) is 5.33. The normalized spacial score (nSPS) is 10.3. The van der Waals surface area contributed by atoms with Gasteiger partial charge in [-0.15, -0.1) is 15.0 Å². The summed E-state index contributed by atoms with van der Waals surface area (Å²) in [5.41, 5.74) is 1.33. The fourth-order valence-electron chi connectivity index (χ4n) is 1.59. The summed E-state index contributed by atoms with van der Waals surface area (Å²) >= 11 is 0. The molecule has 0 saturated heterocycles. The Morgan fingerprint density at radius 1 is 1.26 bits per heavy atom. The second kappa shape index (κ2) is 4.92. The fraction of sp³-hybridized carbons (Fsp3) is 0.273. The molecular formula is C11H12N4O4. The van der Waals surface area contributed by atoms with Crippen LogP contribution in [0.5, 0.6) is 11.5 Å². The van der Waals surface area contributed by atoms with Gasteiger partial charge in [0.25, 0.3) is 5.82 Å². The highest BCUT2D eigenvalue weighted by atomic mass is 16.5. The van der Waals surface area contributed by atoms with Crippen molar-refractivity contribution in [2.24, 2.45) is 0 Å².